The number of rotatable bonds is 5. The van der Waals surface area contributed by atoms with Gasteiger partial charge >= 0.3 is 0 Å². The van der Waals surface area contributed by atoms with Crippen molar-refractivity contribution in [2.45, 2.75) is 44.6 Å². The number of piperidine rings is 1. The molecule has 1 atom stereocenters. The van der Waals surface area contributed by atoms with Gasteiger partial charge in [0.05, 0.1) is 10.9 Å². The van der Waals surface area contributed by atoms with Gasteiger partial charge in [-0.05, 0) is 51.3 Å². The average molecular weight is 401 g/mol. The Morgan fingerprint density at radius 3 is 2.00 bits per heavy atom. The molecule has 0 spiro atoms. The Bertz CT molecular complexity index is 913. The van der Waals surface area contributed by atoms with Crippen molar-refractivity contribution in [1.29, 1.82) is 0 Å². The molecule has 1 aliphatic heterocycles. The van der Waals surface area contributed by atoms with E-state index in [1.165, 1.54) is 9.87 Å². The summed E-state index contributed by atoms with van der Waals surface area (Å²) in [6.07, 6.45) is 1.08. The van der Waals surface area contributed by atoms with E-state index in [-0.39, 0.29) is 17.9 Å². The second-order valence-corrected chi connectivity index (χ2v) is 9.57. The first-order valence-electron chi connectivity index (χ1n) is 9.71. The fourth-order valence-corrected chi connectivity index (χ4v) is 4.96. The number of benzene rings is 2. The number of hydrogen-bond donors (Lipinski definition) is 1. The highest BCUT2D eigenvalue weighted by molar-refractivity contribution is 7.89. The molecule has 1 saturated heterocycles. The number of aryl methyl sites for hydroxylation is 2. The minimum Gasteiger partial charge on any atom is -0.349 e. The molecule has 150 valence electrons. The summed E-state index contributed by atoms with van der Waals surface area (Å²) >= 11 is 0. The second kappa shape index (κ2) is 8.45. The molecule has 3 rings (SSSR count). The van der Waals surface area contributed by atoms with Gasteiger partial charge in [0.15, 0.2) is 0 Å². The summed E-state index contributed by atoms with van der Waals surface area (Å²) in [5, 5.41) is 3.07. The van der Waals surface area contributed by atoms with Crippen molar-refractivity contribution in [3.8, 4) is 0 Å². The summed E-state index contributed by atoms with van der Waals surface area (Å²) in [6, 6.07) is 15.0. The lowest BCUT2D eigenvalue weighted by atomic mass is 9.96. The quantitative estimate of drug-likeness (QED) is 0.834. The Kier molecular flexibility index (Phi) is 6.20. The minimum absolute atomic E-state index is 0.000425. The van der Waals surface area contributed by atoms with Crippen molar-refractivity contribution in [2.75, 3.05) is 13.1 Å². The van der Waals surface area contributed by atoms with Crippen LogP contribution < -0.4 is 5.32 Å². The third kappa shape index (κ3) is 4.62. The zero-order chi connectivity index (χ0) is 20.3. The van der Waals surface area contributed by atoms with Crippen LogP contribution in [0.1, 0.15) is 42.5 Å². The largest absolute Gasteiger partial charge is 0.349 e. The van der Waals surface area contributed by atoms with Crippen LogP contribution in [0.3, 0.4) is 0 Å². The van der Waals surface area contributed by atoms with Gasteiger partial charge in [0.1, 0.15) is 0 Å². The third-order valence-electron chi connectivity index (χ3n) is 5.42. The molecule has 1 N–H and O–H groups in total. The molecule has 1 heterocycles. The standard InChI is InChI=1S/C22H28N2O3S/c1-16-4-8-19(9-5-16)18(3)23-22(25)20-12-14-24(15-13-20)28(26,27)21-10-6-17(2)7-11-21/h4-11,18,20H,12-15H2,1-3H3,(H,23,25)/t18-/m1/s1. The molecule has 1 amide bonds. The molecule has 1 fully saturated rings. The highest BCUT2D eigenvalue weighted by Crippen LogP contribution is 2.25. The smallest absolute Gasteiger partial charge is 0.243 e. The molecule has 0 radical (unpaired) electrons. The number of nitrogens with zero attached hydrogens (tertiary/aromatic N) is 1. The van der Waals surface area contributed by atoms with E-state index in [4.69, 9.17) is 0 Å². The van der Waals surface area contributed by atoms with E-state index in [2.05, 4.69) is 5.32 Å². The molecule has 28 heavy (non-hydrogen) atoms. The third-order valence-corrected chi connectivity index (χ3v) is 7.33. The van der Waals surface area contributed by atoms with E-state index >= 15 is 0 Å². The molecule has 6 heteroatoms. The first kappa shape index (κ1) is 20.6. The molecule has 0 unspecified atom stereocenters. The van der Waals surface area contributed by atoms with E-state index in [0.717, 1.165) is 11.1 Å². The highest BCUT2D eigenvalue weighted by atomic mass is 32.2. The summed E-state index contributed by atoms with van der Waals surface area (Å²) in [4.78, 5) is 12.9. The molecule has 2 aromatic carbocycles. The van der Waals surface area contributed by atoms with Crippen molar-refractivity contribution < 1.29 is 13.2 Å². The molecule has 2 aromatic rings. The highest BCUT2D eigenvalue weighted by Gasteiger charge is 2.32. The molecule has 0 saturated carbocycles. The summed E-state index contributed by atoms with van der Waals surface area (Å²) in [5.74, 6) is -0.155. The van der Waals surface area contributed by atoms with Gasteiger partial charge in [0.2, 0.25) is 15.9 Å². The Morgan fingerprint density at radius 1 is 0.964 bits per heavy atom. The summed E-state index contributed by atoms with van der Waals surface area (Å²) in [6.45, 7) is 6.67. The van der Waals surface area contributed by atoms with Gasteiger partial charge < -0.3 is 5.32 Å². The lowest BCUT2D eigenvalue weighted by molar-refractivity contribution is -0.126. The predicted octanol–water partition coefficient (Wildman–Crippen LogP) is 3.58. The van der Waals surface area contributed by atoms with Crippen LogP contribution in [-0.2, 0) is 14.8 Å². The fraction of sp³-hybridized carbons (Fsp3) is 0.409. The van der Waals surface area contributed by atoms with Crippen LogP contribution in [0, 0.1) is 19.8 Å². The summed E-state index contributed by atoms with van der Waals surface area (Å²) in [7, 11) is -3.50. The maximum absolute atomic E-state index is 12.8. The first-order valence-corrected chi connectivity index (χ1v) is 11.1. The topological polar surface area (TPSA) is 66.5 Å². The molecule has 0 aliphatic carbocycles. The van der Waals surface area contributed by atoms with Crippen LogP contribution in [0.25, 0.3) is 0 Å². The number of nitrogens with one attached hydrogen (secondary N) is 1. The number of hydrogen-bond acceptors (Lipinski definition) is 3. The van der Waals surface area contributed by atoms with Crippen molar-refractivity contribution in [2.24, 2.45) is 5.92 Å². The molecule has 0 aromatic heterocycles. The van der Waals surface area contributed by atoms with Crippen molar-refractivity contribution in [3.05, 3.63) is 65.2 Å². The van der Waals surface area contributed by atoms with Crippen molar-refractivity contribution in [3.63, 3.8) is 0 Å². The van der Waals surface area contributed by atoms with Gasteiger partial charge in [-0.1, -0.05) is 47.5 Å². The summed E-state index contributed by atoms with van der Waals surface area (Å²) in [5.41, 5.74) is 3.28. The average Bonchev–Trinajstić information content (AvgIpc) is 2.69. The van der Waals surface area contributed by atoms with Gasteiger partial charge in [-0.2, -0.15) is 4.31 Å². The van der Waals surface area contributed by atoms with Crippen LogP contribution in [0.4, 0.5) is 0 Å². The number of carbonyl (C=O) groups is 1. The van der Waals surface area contributed by atoms with Gasteiger partial charge in [-0.25, -0.2) is 8.42 Å². The maximum atomic E-state index is 12.8. The van der Waals surface area contributed by atoms with Gasteiger partial charge in [0, 0.05) is 19.0 Å². The Balaban J connectivity index is 1.57. The van der Waals surface area contributed by atoms with Crippen LogP contribution in [-0.4, -0.2) is 31.7 Å². The minimum atomic E-state index is -3.50. The second-order valence-electron chi connectivity index (χ2n) is 7.63. The van der Waals surface area contributed by atoms with Crippen LogP contribution >= 0.6 is 0 Å². The predicted molar refractivity (Wildman–Crippen MR) is 110 cm³/mol. The zero-order valence-corrected chi connectivity index (χ0v) is 17.5. The van der Waals surface area contributed by atoms with Gasteiger partial charge in [-0.15, -0.1) is 0 Å². The van der Waals surface area contributed by atoms with E-state index in [1.807, 2.05) is 45.0 Å². The Morgan fingerprint density at radius 2 is 1.46 bits per heavy atom. The van der Waals surface area contributed by atoms with E-state index in [0.29, 0.717) is 30.8 Å². The SMILES string of the molecule is Cc1ccc([C@@H](C)NC(=O)C2CCN(S(=O)(=O)c3ccc(C)cc3)CC2)cc1. The van der Waals surface area contributed by atoms with Crippen molar-refractivity contribution in [1.82, 2.24) is 9.62 Å². The molecule has 0 bridgehead atoms. The first-order chi connectivity index (χ1) is 13.3. The van der Waals surface area contributed by atoms with Crippen molar-refractivity contribution >= 4 is 15.9 Å². The lowest BCUT2D eigenvalue weighted by Gasteiger charge is -2.31. The maximum Gasteiger partial charge on any atom is 0.243 e. The molecular weight excluding hydrogens is 372 g/mol. The van der Waals surface area contributed by atoms with Gasteiger partial charge in [0.25, 0.3) is 0 Å². The lowest BCUT2D eigenvalue weighted by Crippen LogP contribution is -2.43. The van der Waals surface area contributed by atoms with E-state index < -0.39 is 10.0 Å². The molecular formula is C22H28N2O3S. The van der Waals surface area contributed by atoms with Gasteiger partial charge in [-0.3, -0.25) is 4.79 Å². The zero-order valence-electron chi connectivity index (χ0n) is 16.7. The van der Waals surface area contributed by atoms with Crippen LogP contribution in [0.2, 0.25) is 0 Å². The summed E-state index contributed by atoms with van der Waals surface area (Å²) < 4.78 is 27.1. The Hall–Kier alpha value is -2.18. The number of carbonyl (C=O) groups excluding carboxylic acids is 1. The molecule has 1 aliphatic rings. The van der Waals surface area contributed by atoms with Crippen LogP contribution in [0.5, 0.6) is 0 Å². The normalized spacial score (nSPS) is 17.2. The monoisotopic (exact) mass is 400 g/mol. The molecule has 5 nitrogen and oxygen atoms in total. The van der Waals surface area contributed by atoms with E-state index in [1.54, 1.807) is 24.3 Å². The number of sulfonamides is 1. The number of amides is 1. The fourth-order valence-electron chi connectivity index (χ4n) is 3.49. The van der Waals surface area contributed by atoms with Crippen LogP contribution in [0.15, 0.2) is 53.4 Å². The Labute approximate surface area is 167 Å². The van der Waals surface area contributed by atoms with E-state index in [9.17, 15) is 13.2 Å².